The quantitative estimate of drug-likeness (QED) is 0.494. The Bertz CT molecular complexity index is 1160. The molecule has 1 aromatic heterocycles. The Labute approximate surface area is 176 Å². The summed E-state index contributed by atoms with van der Waals surface area (Å²) in [6, 6.07) is 21.6. The summed E-state index contributed by atoms with van der Waals surface area (Å²) < 4.78 is 0. The van der Waals surface area contributed by atoms with Crippen LogP contribution in [0.25, 0.3) is 10.9 Å². The zero-order valence-electron chi connectivity index (χ0n) is 17.2. The minimum Gasteiger partial charge on any atom is -0.507 e. The molecule has 0 unspecified atom stereocenters. The fourth-order valence-electron chi connectivity index (χ4n) is 3.63. The van der Waals surface area contributed by atoms with E-state index in [-0.39, 0.29) is 17.2 Å². The van der Waals surface area contributed by atoms with E-state index in [9.17, 15) is 9.90 Å². The van der Waals surface area contributed by atoms with Gasteiger partial charge in [-0.15, -0.1) is 0 Å². The molecular formula is C25H25N3O2. The maximum Gasteiger partial charge on any atom is 0.257 e. The van der Waals surface area contributed by atoms with E-state index in [2.05, 4.69) is 29.3 Å². The van der Waals surface area contributed by atoms with Crippen molar-refractivity contribution in [1.29, 1.82) is 0 Å². The summed E-state index contributed by atoms with van der Waals surface area (Å²) in [5.74, 6) is -0.267. The van der Waals surface area contributed by atoms with E-state index in [0.717, 1.165) is 28.6 Å². The molecule has 0 aliphatic rings. The van der Waals surface area contributed by atoms with Gasteiger partial charge < -0.3 is 10.0 Å². The molecule has 4 rings (SSSR count). The predicted octanol–water partition coefficient (Wildman–Crippen LogP) is 4.69. The van der Waals surface area contributed by atoms with Crippen LogP contribution in [-0.4, -0.2) is 33.2 Å². The number of nitrogens with zero attached hydrogens (tertiary/aromatic N) is 2. The van der Waals surface area contributed by atoms with E-state index >= 15 is 0 Å². The molecule has 0 radical (unpaired) electrons. The number of benzene rings is 3. The van der Waals surface area contributed by atoms with Gasteiger partial charge in [0.2, 0.25) is 0 Å². The normalized spacial score (nSPS) is 11.0. The van der Waals surface area contributed by atoms with Crippen molar-refractivity contribution in [1.82, 2.24) is 15.1 Å². The van der Waals surface area contributed by atoms with E-state index in [1.54, 1.807) is 24.1 Å². The van der Waals surface area contributed by atoms with Crippen LogP contribution >= 0.6 is 0 Å². The fourth-order valence-corrected chi connectivity index (χ4v) is 3.63. The molecule has 0 spiro atoms. The monoisotopic (exact) mass is 399 g/mol. The van der Waals surface area contributed by atoms with Crippen LogP contribution in [0.3, 0.4) is 0 Å². The van der Waals surface area contributed by atoms with Crippen molar-refractivity contribution < 1.29 is 9.90 Å². The smallest absolute Gasteiger partial charge is 0.257 e. The fraction of sp³-hybridized carbons (Fsp3) is 0.200. The van der Waals surface area contributed by atoms with Gasteiger partial charge in [0, 0.05) is 31.5 Å². The van der Waals surface area contributed by atoms with Crippen molar-refractivity contribution in [2.75, 3.05) is 7.05 Å². The molecule has 30 heavy (non-hydrogen) atoms. The highest BCUT2D eigenvalue weighted by atomic mass is 16.3. The van der Waals surface area contributed by atoms with E-state index in [4.69, 9.17) is 0 Å². The molecule has 0 saturated heterocycles. The number of carbonyl (C=O) groups is 1. The van der Waals surface area contributed by atoms with Crippen molar-refractivity contribution in [2.24, 2.45) is 0 Å². The highest BCUT2D eigenvalue weighted by Gasteiger charge is 2.19. The number of H-pyrrole nitrogens is 1. The highest BCUT2D eigenvalue weighted by molar-refractivity contribution is 6.01. The SMILES string of the molecule is CCc1ccc(CN(C)C(=O)c2cc3c(Cc4ccccc4)n[nH]c3cc2O)cc1. The summed E-state index contributed by atoms with van der Waals surface area (Å²) in [4.78, 5) is 14.7. The van der Waals surface area contributed by atoms with Crippen molar-refractivity contribution in [2.45, 2.75) is 26.3 Å². The minimum atomic E-state index is -0.221. The molecule has 1 heterocycles. The predicted molar refractivity (Wildman–Crippen MR) is 119 cm³/mol. The number of aromatic hydroxyl groups is 1. The largest absolute Gasteiger partial charge is 0.507 e. The van der Waals surface area contributed by atoms with E-state index < -0.39 is 0 Å². The average molecular weight is 399 g/mol. The summed E-state index contributed by atoms with van der Waals surface area (Å²) in [7, 11) is 1.75. The first kappa shape index (κ1) is 19.7. The molecule has 4 aromatic rings. The van der Waals surface area contributed by atoms with Gasteiger partial charge in [-0.2, -0.15) is 5.10 Å². The minimum absolute atomic E-state index is 0.0457. The Kier molecular flexibility index (Phi) is 5.53. The number of aryl methyl sites for hydroxylation is 1. The van der Waals surface area contributed by atoms with Gasteiger partial charge in [0.15, 0.2) is 0 Å². The third kappa shape index (κ3) is 4.06. The number of rotatable bonds is 6. The number of phenolic OH excluding ortho intramolecular Hbond substituents is 1. The van der Waals surface area contributed by atoms with Crippen LogP contribution in [0.15, 0.2) is 66.7 Å². The van der Waals surface area contributed by atoms with E-state index in [1.165, 1.54) is 5.56 Å². The lowest BCUT2D eigenvalue weighted by Gasteiger charge is -2.18. The number of fused-ring (bicyclic) bond motifs is 1. The lowest BCUT2D eigenvalue weighted by molar-refractivity contribution is 0.0782. The summed E-state index contributed by atoms with van der Waals surface area (Å²) in [5, 5.41) is 18.7. The lowest BCUT2D eigenvalue weighted by Crippen LogP contribution is -2.26. The number of phenols is 1. The van der Waals surface area contributed by atoms with Crippen molar-refractivity contribution in [3.05, 3.63) is 94.7 Å². The molecule has 2 N–H and O–H groups in total. The van der Waals surface area contributed by atoms with Crippen molar-refractivity contribution in [3.8, 4) is 5.75 Å². The Hall–Kier alpha value is -3.60. The zero-order valence-corrected chi connectivity index (χ0v) is 17.2. The van der Waals surface area contributed by atoms with Crippen LogP contribution in [0.1, 0.15) is 39.7 Å². The Morgan fingerprint density at radius 3 is 2.40 bits per heavy atom. The molecule has 0 atom stereocenters. The first-order valence-electron chi connectivity index (χ1n) is 10.1. The third-order valence-electron chi connectivity index (χ3n) is 5.40. The first-order valence-corrected chi connectivity index (χ1v) is 10.1. The van der Waals surface area contributed by atoms with Crippen molar-refractivity contribution >= 4 is 16.8 Å². The second-order valence-electron chi connectivity index (χ2n) is 7.58. The average Bonchev–Trinajstić information content (AvgIpc) is 3.15. The number of carbonyl (C=O) groups excluding carboxylic acids is 1. The standard InChI is InChI=1S/C25H25N3O2/c1-3-17-9-11-19(12-10-17)16-28(2)25(30)21-14-20-22(13-18-7-5-4-6-8-18)26-27-23(20)15-24(21)29/h4-12,14-15,29H,3,13,16H2,1-2H3,(H,26,27). The summed E-state index contributed by atoms with van der Waals surface area (Å²) in [6.07, 6.45) is 1.64. The number of nitrogens with one attached hydrogen (secondary N) is 1. The van der Waals surface area contributed by atoms with E-state index in [1.807, 2.05) is 42.5 Å². The molecule has 1 amide bonds. The maximum atomic E-state index is 13.1. The molecule has 5 nitrogen and oxygen atoms in total. The van der Waals surface area contributed by atoms with Crippen LogP contribution in [0.4, 0.5) is 0 Å². The van der Waals surface area contributed by atoms with Gasteiger partial charge >= 0.3 is 0 Å². The third-order valence-corrected chi connectivity index (χ3v) is 5.40. The molecule has 3 aromatic carbocycles. The summed E-state index contributed by atoms with van der Waals surface area (Å²) in [6.45, 7) is 2.59. The van der Waals surface area contributed by atoms with Gasteiger partial charge in [0.1, 0.15) is 5.75 Å². The maximum absolute atomic E-state index is 13.1. The zero-order chi connectivity index (χ0) is 21.1. The molecule has 0 saturated carbocycles. The Morgan fingerprint density at radius 1 is 1.00 bits per heavy atom. The van der Waals surface area contributed by atoms with Gasteiger partial charge in [-0.25, -0.2) is 0 Å². The summed E-state index contributed by atoms with van der Waals surface area (Å²) in [5.41, 5.74) is 5.31. The molecule has 0 aliphatic carbocycles. The van der Waals surface area contributed by atoms with Gasteiger partial charge in [-0.1, -0.05) is 61.5 Å². The summed E-state index contributed by atoms with van der Waals surface area (Å²) >= 11 is 0. The number of hydrogen-bond acceptors (Lipinski definition) is 3. The molecule has 0 aliphatic heterocycles. The Morgan fingerprint density at radius 2 is 1.70 bits per heavy atom. The number of aromatic nitrogens is 2. The lowest BCUT2D eigenvalue weighted by atomic mass is 10.0. The van der Waals surface area contributed by atoms with Gasteiger partial charge in [-0.05, 0) is 29.2 Å². The molecule has 0 bridgehead atoms. The number of aromatic amines is 1. The number of hydrogen-bond donors (Lipinski definition) is 2. The van der Waals surface area contributed by atoms with Crippen LogP contribution in [0.5, 0.6) is 5.75 Å². The van der Waals surface area contributed by atoms with E-state index in [0.29, 0.717) is 18.5 Å². The van der Waals surface area contributed by atoms with Crippen LogP contribution in [0.2, 0.25) is 0 Å². The van der Waals surface area contributed by atoms with Gasteiger partial charge in [-0.3, -0.25) is 9.89 Å². The van der Waals surface area contributed by atoms with Crippen LogP contribution in [-0.2, 0) is 19.4 Å². The van der Waals surface area contributed by atoms with Crippen molar-refractivity contribution in [3.63, 3.8) is 0 Å². The molecule has 152 valence electrons. The first-order chi connectivity index (χ1) is 14.5. The van der Waals surface area contributed by atoms with Gasteiger partial charge in [0.25, 0.3) is 5.91 Å². The second-order valence-corrected chi connectivity index (χ2v) is 7.58. The Balaban J connectivity index is 1.59. The molecular weight excluding hydrogens is 374 g/mol. The molecule has 5 heteroatoms. The second kappa shape index (κ2) is 8.41. The highest BCUT2D eigenvalue weighted by Crippen LogP contribution is 2.28. The topological polar surface area (TPSA) is 69.2 Å². The van der Waals surface area contributed by atoms with Crippen LogP contribution in [0, 0.1) is 0 Å². The molecule has 0 fully saturated rings. The van der Waals surface area contributed by atoms with Crippen LogP contribution < -0.4 is 0 Å². The van der Waals surface area contributed by atoms with Gasteiger partial charge in [0.05, 0.1) is 16.8 Å². The number of amides is 1.